The summed E-state index contributed by atoms with van der Waals surface area (Å²) in [6.45, 7) is 13.2. The van der Waals surface area contributed by atoms with E-state index in [4.69, 9.17) is 4.74 Å². The minimum atomic E-state index is -0.669. The fourth-order valence-corrected chi connectivity index (χ4v) is 4.22. The number of rotatable bonds is 8. The average Bonchev–Trinajstić information content (AvgIpc) is 3.05. The van der Waals surface area contributed by atoms with E-state index < -0.39 is 17.7 Å². The van der Waals surface area contributed by atoms with Gasteiger partial charge in [0.05, 0.1) is 11.6 Å². The first kappa shape index (κ1) is 26.2. The van der Waals surface area contributed by atoms with Crippen molar-refractivity contribution in [3.63, 3.8) is 0 Å². The van der Waals surface area contributed by atoms with E-state index in [-0.39, 0.29) is 16.7 Å². The van der Waals surface area contributed by atoms with Gasteiger partial charge in [-0.1, -0.05) is 57.7 Å². The highest BCUT2D eigenvalue weighted by Crippen LogP contribution is 2.40. The van der Waals surface area contributed by atoms with Crippen molar-refractivity contribution >= 4 is 17.4 Å². The minimum absolute atomic E-state index is 0.0300. The maximum absolute atomic E-state index is 13.2. The Hall–Kier alpha value is -3.38. The van der Waals surface area contributed by atoms with Crippen LogP contribution in [0.2, 0.25) is 0 Å². The molecule has 1 aliphatic heterocycles. The monoisotopic (exact) mass is 476 g/mol. The van der Waals surface area contributed by atoms with Gasteiger partial charge in [0, 0.05) is 18.7 Å². The Kier molecular flexibility index (Phi) is 7.86. The number of ketones is 1. The lowest BCUT2D eigenvalue weighted by atomic mass is 9.85. The number of hydrogen-bond donors (Lipinski definition) is 1. The summed E-state index contributed by atoms with van der Waals surface area (Å²) in [6.07, 6.45) is 1.66. The molecule has 1 saturated heterocycles. The smallest absolute Gasteiger partial charge is 0.295 e. The molecule has 0 radical (unpaired) electrons. The normalized spacial score (nSPS) is 17.8. The first-order chi connectivity index (χ1) is 16.5. The molecule has 6 heteroatoms. The second kappa shape index (κ2) is 10.5. The zero-order valence-electron chi connectivity index (χ0n) is 21.6. The van der Waals surface area contributed by atoms with Crippen LogP contribution in [0.1, 0.15) is 49.1 Å². The quantitative estimate of drug-likeness (QED) is 0.256. The third-order valence-corrected chi connectivity index (χ3v) is 6.24. The first-order valence-corrected chi connectivity index (χ1v) is 11.8. The highest BCUT2D eigenvalue weighted by atomic mass is 16.5. The van der Waals surface area contributed by atoms with Crippen LogP contribution in [0, 0.1) is 6.92 Å². The molecule has 0 spiro atoms. The fraction of sp³-hybridized carbons (Fsp3) is 0.379. The largest absolute Gasteiger partial charge is 0.507 e. The summed E-state index contributed by atoms with van der Waals surface area (Å²) in [5, 5.41) is 11.4. The predicted molar refractivity (Wildman–Crippen MR) is 140 cm³/mol. The van der Waals surface area contributed by atoms with Gasteiger partial charge in [-0.25, -0.2) is 0 Å². The van der Waals surface area contributed by atoms with Crippen molar-refractivity contribution in [1.82, 2.24) is 9.80 Å². The van der Waals surface area contributed by atoms with Crippen molar-refractivity contribution < 1.29 is 19.4 Å². The average molecular weight is 477 g/mol. The summed E-state index contributed by atoms with van der Waals surface area (Å²) >= 11 is 0. The second-order valence-electron chi connectivity index (χ2n) is 10.2. The molecule has 0 bridgehead atoms. The van der Waals surface area contributed by atoms with Crippen LogP contribution in [0.15, 0.2) is 60.7 Å². The number of likely N-dealkylation sites (tertiary alicyclic amines) is 1. The highest BCUT2D eigenvalue weighted by molar-refractivity contribution is 6.46. The Balaban J connectivity index is 2.12. The van der Waals surface area contributed by atoms with Crippen LogP contribution >= 0.6 is 0 Å². The summed E-state index contributed by atoms with van der Waals surface area (Å²) in [7, 11) is 3.84. The molecule has 186 valence electrons. The molecule has 3 rings (SSSR count). The number of carbonyl (C=O) groups excluding carboxylic acids is 2. The van der Waals surface area contributed by atoms with E-state index in [1.54, 1.807) is 29.2 Å². The summed E-state index contributed by atoms with van der Waals surface area (Å²) in [6, 6.07) is 12.5. The molecule has 1 atom stereocenters. The van der Waals surface area contributed by atoms with Crippen molar-refractivity contribution in [1.29, 1.82) is 0 Å². The van der Waals surface area contributed by atoms with Crippen LogP contribution in [-0.2, 0) is 15.0 Å². The van der Waals surface area contributed by atoms with Gasteiger partial charge >= 0.3 is 0 Å². The molecule has 0 aliphatic carbocycles. The number of nitrogens with zero attached hydrogens (tertiary/aromatic N) is 2. The van der Waals surface area contributed by atoms with Gasteiger partial charge in [0.25, 0.3) is 11.7 Å². The SMILES string of the molecule is C=CCOc1ccc(/C(O)=C2/C(=O)C(=O)N(CCN(C)C)C2c2ccc(C(C)(C)C)cc2)c(C)c1. The Bertz CT molecular complexity index is 1140. The second-order valence-corrected chi connectivity index (χ2v) is 10.2. The Morgan fingerprint density at radius 1 is 1.14 bits per heavy atom. The van der Waals surface area contributed by atoms with Crippen LogP contribution in [0.3, 0.4) is 0 Å². The van der Waals surface area contributed by atoms with E-state index in [2.05, 4.69) is 27.4 Å². The van der Waals surface area contributed by atoms with Crippen molar-refractivity contribution in [2.45, 2.75) is 39.2 Å². The number of carbonyl (C=O) groups is 2. The van der Waals surface area contributed by atoms with E-state index >= 15 is 0 Å². The van der Waals surface area contributed by atoms with Crippen molar-refractivity contribution in [2.24, 2.45) is 0 Å². The maximum atomic E-state index is 13.2. The molecule has 1 unspecified atom stereocenters. The zero-order valence-corrected chi connectivity index (χ0v) is 21.6. The van der Waals surface area contributed by atoms with E-state index in [9.17, 15) is 14.7 Å². The topological polar surface area (TPSA) is 70.1 Å². The molecule has 1 amide bonds. The lowest BCUT2D eigenvalue weighted by Crippen LogP contribution is -2.35. The zero-order chi connectivity index (χ0) is 25.9. The van der Waals surface area contributed by atoms with Crippen LogP contribution in [0.4, 0.5) is 0 Å². The van der Waals surface area contributed by atoms with Crippen LogP contribution in [-0.4, -0.2) is 60.4 Å². The van der Waals surface area contributed by atoms with Crippen LogP contribution in [0.5, 0.6) is 5.75 Å². The number of aliphatic hydroxyl groups is 1. The molecule has 2 aromatic carbocycles. The highest BCUT2D eigenvalue weighted by Gasteiger charge is 2.46. The number of benzene rings is 2. The maximum Gasteiger partial charge on any atom is 0.295 e. The molecule has 0 aromatic heterocycles. The van der Waals surface area contributed by atoms with Gasteiger partial charge in [-0.05, 0) is 61.3 Å². The van der Waals surface area contributed by atoms with Crippen LogP contribution < -0.4 is 4.74 Å². The van der Waals surface area contributed by atoms with Crippen molar-refractivity contribution in [2.75, 3.05) is 33.8 Å². The fourth-order valence-electron chi connectivity index (χ4n) is 4.22. The molecule has 1 fully saturated rings. The molecule has 6 nitrogen and oxygen atoms in total. The van der Waals surface area contributed by atoms with E-state index in [0.717, 1.165) is 16.7 Å². The standard InChI is InChI=1S/C29H36N2O4/c1-8-17-35-22-13-14-23(19(2)18-22)26(32)24-25(20-9-11-21(12-10-20)29(3,4)5)31(16-15-30(6)7)28(34)27(24)33/h8-14,18,25,32H,1,15-17H2,2-7H3/b26-24-. The van der Waals surface area contributed by atoms with Gasteiger partial charge in [-0.2, -0.15) is 0 Å². The number of aliphatic hydroxyl groups excluding tert-OH is 1. The van der Waals surface area contributed by atoms with E-state index in [0.29, 0.717) is 31.0 Å². The molecule has 1 heterocycles. The van der Waals surface area contributed by atoms with Gasteiger partial charge < -0.3 is 19.6 Å². The number of amides is 1. The number of Topliss-reactive ketones (excluding diaryl/α,β-unsaturated/α-hetero) is 1. The lowest BCUT2D eigenvalue weighted by molar-refractivity contribution is -0.140. The summed E-state index contributed by atoms with van der Waals surface area (Å²) < 4.78 is 5.59. The molecular formula is C29H36N2O4. The molecular weight excluding hydrogens is 440 g/mol. The van der Waals surface area contributed by atoms with Crippen molar-refractivity contribution in [3.8, 4) is 5.75 Å². The Labute approximate surface area is 208 Å². The number of ether oxygens (including phenoxy) is 1. The third-order valence-electron chi connectivity index (χ3n) is 6.24. The minimum Gasteiger partial charge on any atom is -0.507 e. The molecule has 2 aromatic rings. The van der Waals surface area contributed by atoms with Crippen molar-refractivity contribution in [3.05, 3.63) is 82.9 Å². The van der Waals surface area contributed by atoms with Gasteiger partial charge in [-0.3, -0.25) is 9.59 Å². The number of likely N-dealkylation sites (N-methyl/N-ethyl adjacent to an activating group) is 1. The molecule has 1 aliphatic rings. The first-order valence-electron chi connectivity index (χ1n) is 11.8. The van der Waals surface area contributed by atoms with E-state index in [1.807, 2.05) is 50.2 Å². The van der Waals surface area contributed by atoms with Gasteiger partial charge in [0.15, 0.2) is 0 Å². The van der Waals surface area contributed by atoms with E-state index in [1.165, 1.54) is 0 Å². The molecule has 0 saturated carbocycles. The third kappa shape index (κ3) is 5.65. The summed E-state index contributed by atoms with van der Waals surface area (Å²) in [4.78, 5) is 29.9. The van der Waals surface area contributed by atoms with Crippen LogP contribution in [0.25, 0.3) is 5.76 Å². The molecule has 1 N–H and O–H groups in total. The lowest BCUT2D eigenvalue weighted by Gasteiger charge is -2.27. The summed E-state index contributed by atoms with van der Waals surface area (Å²) in [5.74, 6) is -0.799. The Morgan fingerprint density at radius 2 is 1.80 bits per heavy atom. The molecule has 35 heavy (non-hydrogen) atoms. The van der Waals surface area contributed by atoms with Gasteiger partial charge in [0.1, 0.15) is 18.1 Å². The van der Waals surface area contributed by atoms with Gasteiger partial charge in [0.2, 0.25) is 0 Å². The predicted octanol–water partition coefficient (Wildman–Crippen LogP) is 4.84. The number of aryl methyl sites for hydroxylation is 1. The van der Waals surface area contributed by atoms with Gasteiger partial charge in [-0.15, -0.1) is 0 Å². The summed E-state index contributed by atoms with van der Waals surface area (Å²) in [5.41, 5.74) is 3.26. The Morgan fingerprint density at radius 3 is 2.34 bits per heavy atom. The number of hydrogen-bond acceptors (Lipinski definition) is 5.